The summed E-state index contributed by atoms with van der Waals surface area (Å²) in [5.41, 5.74) is 0.344. The van der Waals surface area contributed by atoms with E-state index in [4.69, 9.17) is 9.15 Å². The lowest BCUT2D eigenvalue weighted by Crippen LogP contribution is -2.29. The van der Waals surface area contributed by atoms with Gasteiger partial charge in [0.15, 0.2) is 0 Å². The van der Waals surface area contributed by atoms with Crippen molar-refractivity contribution in [3.05, 3.63) is 83.8 Å². The van der Waals surface area contributed by atoms with E-state index in [2.05, 4.69) is 0 Å². The summed E-state index contributed by atoms with van der Waals surface area (Å²) in [6.07, 6.45) is 1.42. The summed E-state index contributed by atoms with van der Waals surface area (Å²) in [5.74, 6) is -1.14. The number of hydrogen-bond donors (Lipinski definition) is 2. The number of nitrogens with zero attached hydrogens (tertiary/aromatic N) is 1. The second kappa shape index (κ2) is 8.63. The Morgan fingerprint density at radius 3 is 2.56 bits per heavy atom. The minimum Gasteiger partial charge on any atom is -0.507 e. The molecule has 1 atom stereocenters. The van der Waals surface area contributed by atoms with Gasteiger partial charge in [-0.3, -0.25) is 14.5 Å². The number of ether oxygens (including phenoxy) is 1. The van der Waals surface area contributed by atoms with Crippen LogP contribution in [0, 0.1) is 5.92 Å². The van der Waals surface area contributed by atoms with Crippen molar-refractivity contribution in [1.82, 2.24) is 0 Å². The van der Waals surface area contributed by atoms with Crippen LogP contribution in [0.15, 0.2) is 76.9 Å². The van der Waals surface area contributed by atoms with Crippen LogP contribution in [-0.4, -0.2) is 28.5 Å². The highest BCUT2D eigenvalue weighted by Crippen LogP contribution is 2.44. The van der Waals surface area contributed by atoms with Crippen molar-refractivity contribution in [2.75, 3.05) is 11.5 Å². The number of furan rings is 1. The number of anilines is 1. The molecule has 0 spiro atoms. The Morgan fingerprint density at radius 1 is 1.09 bits per heavy atom. The molecular weight excluding hydrogens is 410 g/mol. The molecule has 1 amide bonds. The smallest absolute Gasteiger partial charge is 0.300 e. The molecule has 7 heteroatoms. The van der Waals surface area contributed by atoms with Crippen molar-refractivity contribution >= 4 is 23.1 Å². The van der Waals surface area contributed by atoms with E-state index >= 15 is 0 Å². The minimum absolute atomic E-state index is 0.130. The Kier molecular flexibility index (Phi) is 5.73. The molecule has 4 rings (SSSR count). The highest BCUT2D eigenvalue weighted by molar-refractivity contribution is 6.51. The van der Waals surface area contributed by atoms with E-state index < -0.39 is 17.7 Å². The van der Waals surface area contributed by atoms with Gasteiger partial charge in [0.2, 0.25) is 0 Å². The van der Waals surface area contributed by atoms with Crippen LogP contribution in [0.3, 0.4) is 0 Å². The number of ketones is 1. The van der Waals surface area contributed by atoms with Crippen LogP contribution in [0.25, 0.3) is 5.76 Å². The van der Waals surface area contributed by atoms with Crippen LogP contribution in [0.2, 0.25) is 0 Å². The fraction of sp³-hybridized carbons (Fsp3) is 0.200. The SMILES string of the molecule is CC(C)COc1cccc(/C(O)=C2/C(=O)C(=O)N(c3ccccc3O)C2c2ccco2)c1. The van der Waals surface area contributed by atoms with E-state index in [-0.39, 0.29) is 28.5 Å². The summed E-state index contributed by atoms with van der Waals surface area (Å²) in [4.78, 5) is 27.2. The molecule has 1 aliphatic rings. The van der Waals surface area contributed by atoms with Crippen molar-refractivity contribution in [3.63, 3.8) is 0 Å². The van der Waals surface area contributed by atoms with Gasteiger partial charge in [-0.15, -0.1) is 0 Å². The number of aliphatic hydroxyl groups is 1. The topological polar surface area (TPSA) is 100 Å². The highest BCUT2D eigenvalue weighted by Gasteiger charge is 2.49. The predicted molar refractivity (Wildman–Crippen MR) is 118 cm³/mol. The Labute approximate surface area is 185 Å². The molecule has 0 bridgehead atoms. The van der Waals surface area contributed by atoms with E-state index in [0.717, 1.165) is 4.90 Å². The Bertz CT molecular complexity index is 1180. The molecule has 0 aliphatic carbocycles. The molecule has 164 valence electrons. The third-order valence-corrected chi connectivity index (χ3v) is 5.09. The van der Waals surface area contributed by atoms with Gasteiger partial charge in [0.25, 0.3) is 11.7 Å². The van der Waals surface area contributed by atoms with Crippen LogP contribution in [-0.2, 0) is 9.59 Å². The molecule has 2 N–H and O–H groups in total. The maximum absolute atomic E-state index is 13.1. The summed E-state index contributed by atoms with van der Waals surface area (Å²) in [7, 11) is 0. The van der Waals surface area contributed by atoms with E-state index in [1.807, 2.05) is 13.8 Å². The first-order valence-corrected chi connectivity index (χ1v) is 10.2. The molecule has 0 saturated carbocycles. The molecule has 1 fully saturated rings. The van der Waals surface area contributed by atoms with Gasteiger partial charge in [-0.2, -0.15) is 0 Å². The molecule has 2 heterocycles. The zero-order chi connectivity index (χ0) is 22.8. The molecule has 1 aromatic heterocycles. The lowest BCUT2D eigenvalue weighted by atomic mass is 9.99. The normalized spacial score (nSPS) is 17.8. The van der Waals surface area contributed by atoms with Gasteiger partial charge in [-0.05, 0) is 42.3 Å². The van der Waals surface area contributed by atoms with Crippen molar-refractivity contribution in [1.29, 1.82) is 0 Å². The number of para-hydroxylation sites is 2. The molecule has 2 aromatic carbocycles. The highest BCUT2D eigenvalue weighted by atomic mass is 16.5. The Balaban J connectivity index is 1.84. The van der Waals surface area contributed by atoms with Crippen molar-refractivity contribution < 1.29 is 29.0 Å². The van der Waals surface area contributed by atoms with E-state index in [9.17, 15) is 19.8 Å². The second-order valence-electron chi connectivity index (χ2n) is 7.91. The number of aromatic hydroxyl groups is 1. The molecular formula is C25H23NO6. The number of carbonyl (C=O) groups excluding carboxylic acids is 2. The van der Waals surface area contributed by atoms with E-state index in [1.165, 1.54) is 18.4 Å². The van der Waals surface area contributed by atoms with Gasteiger partial charge in [0.1, 0.15) is 29.1 Å². The monoisotopic (exact) mass is 433 g/mol. The van der Waals surface area contributed by atoms with Crippen LogP contribution in [0.5, 0.6) is 11.5 Å². The van der Waals surface area contributed by atoms with Crippen molar-refractivity contribution in [2.45, 2.75) is 19.9 Å². The third kappa shape index (κ3) is 3.85. The number of rotatable bonds is 6. The van der Waals surface area contributed by atoms with Gasteiger partial charge in [-0.25, -0.2) is 0 Å². The average molecular weight is 433 g/mol. The number of Topliss-reactive ketones (excluding diaryl/α,β-unsaturated/α-hetero) is 1. The summed E-state index contributed by atoms with van der Waals surface area (Å²) in [6.45, 7) is 4.54. The summed E-state index contributed by atoms with van der Waals surface area (Å²) >= 11 is 0. The number of benzene rings is 2. The standard InChI is InChI=1S/C25H23NO6/c1-15(2)14-32-17-8-5-7-16(13-17)23(28)21-22(20-11-6-12-31-20)26(25(30)24(21)29)18-9-3-4-10-19(18)27/h3-13,15,22,27-28H,14H2,1-2H3/b23-21-. The zero-order valence-corrected chi connectivity index (χ0v) is 17.7. The number of carbonyl (C=O) groups is 2. The molecule has 1 aliphatic heterocycles. The van der Waals surface area contributed by atoms with Crippen LogP contribution < -0.4 is 9.64 Å². The Hall–Kier alpha value is -4.00. The van der Waals surface area contributed by atoms with E-state index in [0.29, 0.717) is 23.8 Å². The van der Waals surface area contributed by atoms with Crippen LogP contribution in [0.1, 0.15) is 31.2 Å². The van der Waals surface area contributed by atoms with Gasteiger partial charge < -0.3 is 19.4 Å². The second-order valence-corrected chi connectivity index (χ2v) is 7.91. The molecule has 32 heavy (non-hydrogen) atoms. The lowest BCUT2D eigenvalue weighted by molar-refractivity contribution is -0.132. The number of phenols is 1. The summed E-state index contributed by atoms with van der Waals surface area (Å²) in [5, 5.41) is 21.5. The first-order valence-electron chi connectivity index (χ1n) is 10.2. The maximum Gasteiger partial charge on any atom is 0.300 e. The van der Waals surface area contributed by atoms with Crippen molar-refractivity contribution in [3.8, 4) is 11.5 Å². The molecule has 7 nitrogen and oxygen atoms in total. The molecule has 0 radical (unpaired) electrons. The fourth-order valence-corrected chi connectivity index (χ4v) is 3.62. The van der Waals surface area contributed by atoms with Gasteiger partial charge >= 0.3 is 0 Å². The summed E-state index contributed by atoms with van der Waals surface area (Å²) < 4.78 is 11.2. The van der Waals surface area contributed by atoms with Crippen LogP contribution in [0.4, 0.5) is 5.69 Å². The maximum atomic E-state index is 13.1. The van der Waals surface area contributed by atoms with Gasteiger partial charge in [-0.1, -0.05) is 38.1 Å². The quantitative estimate of drug-likeness (QED) is 0.334. The first-order chi connectivity index (χ1) is 15.4. The predicted octanol–water partition coefficient (Wildman–Crippen LogP) is 4.65. The molecule has 1 unspecified atom stereocenters. The lowest BCUT2D eigenvalue weighted by Gasteiger charge is -2.24. The molecule has 1 saturated heterocycles. The number of phenolic OH excluding ortho intramolecular Hbond substituents is 1. The van der Waals surface area contributed by atoms with Gasteiger partial charge in [0, 0.05) is 5.56 Å². The van der Waals surface area contributed by atoms with Crippen molar-refractivity contribution in [2.24, 2.45) is 5.92 Å². The van der Waals surface area contributed by atoms with Gasteiger partial charge in [0.05, 0.1) is 24.1 Å². The number of aliphatic hydroxyl groups excluding tert-OH is 1. The largest absolute Gasteiger partial charge is 0.507 e. The minimum atomic E-state index is -1.04. The van der Waals surface area contributed by atoms with Crippen LogP contribution >= 0.6 is 0 Å². The average Bonchev–Trinajstić information content (AvgIpc) is 3.40. The number of amides is 1. The van der Waals surface area contributed by atoms with E-state index in [1.54, 1.807) is 48.5 Å². The third-order valence-electron chi connectivity index (χ3n) is 5.09. The fourth-order valence-electron chi connectivity index (χ4n) is 3.62. The first kappa shape index (κ1) is 21.2. The molecule has 3 aromatic rings. The summed E-state index contributed by atoms with van der Waals surface area (Å²) in [6, 6.07) is 15.1. The zero-order valence-electron chi connectivity index (χ0n) is 17.7. The Morgan fingerprint density at radius 2 is 1.88 bits per heavy atom. The number of hydrogen-bond acceptors (Lipinski definition) is 6.